The van der Waals surface area contributed by atoms with E-state index >= 15 is 0 Å². The van der Waals surface area contributed by atoms with E-state index in [1.165, 1.54) is 5.56 Å². The van der Waals surface area contributed by atoms with Gasteiger partial charge in [0, 0.05) is 24.8 Å². The molecule has 0 fully saturated rings. The molecule has 0 radical (unpaired) electrons. The predicted molar refractivity (Wildman–Crippen MR) is 79.6 cm³/mol. The molecule has 1 aromatic rings. The van der Waals surface area contributed by atoms with E-state index in [1.54, 1.807) is 14.2 Å². The zero-order valence-electron chi connectivity index (χ0n) is 12.8. The fourth-order valence-corrected chi connectivity index (χ4v) is 2.31. The molecule has 0 aromatic heterocycles. The topological polar surface area (TPSA) is 30.5 Å². The maximum atomic E-state index is 5.36. The van der Waals surface area contributed by atoms with Crippen LogP contribution in [0.15, 0.2) is 18.2 Å². The average Bonchev–Trinajstić information content (AvgIpc) is 2.44. The molecular weight excluding hydrogens is 238 g/mol. The SMILES string of the molecule is CCC(CC)NC(C)c1ccc(OC)c(COC)c1. The van der Waals surface area contributed by atoms with Gasteiger partial charge in [0.1, 0.15) is 5.75 Å². The van der Waals surface area contributed by atoms with Gasteiger partial charge < -0.3 is 14.8 Å². The standard InChI is InChI=1S/C16H27NO2/c1-6-15(7-2)17-12(3)13-8-9-16(19-5)14(10-13)11-18-4/h8-10,12,15,17H,6-7,11H2,1-5H3. The third-order valence-corrected chi connectivity index (χ3v) is 3.58. The zero-order valence-corrected chi connectivity index (χ0v) is 12.8. The van der Waals surface area contributed by atoms with Gasteiger partial charge in [-0.1, -0.05) is 19.9 Å². The Morgan fingerprint density at radius 1 is 1.16 bits per heavy atom. The summed E-state index contributed by atoms with van der Waals surface area (Å²) in [7, 11) is 3.40. The number of nitrogens with one attached hydrogen (secondary N) is 1. The molecule has 0 heterocycles. The molecule has 1 atom stereocenters. The summed E-state index contributed by atoms with van der Waals surface area (Å²) in [6, 6.07) is 7.23. The van der Waals surface area contributed by atoms with Crippen LogP contribution in [0, 0.1) is 0 Å². The lowest BCUT2D eigenvalue weighted by atomic mass is 10.0. The number of hydrogen-bond donors (Lipinski definition) is 1. The van der Waals surface area contributed by atoms with Crippen LogP contribution in [0.3, 0.4) is 0 Å². The molecule has 0 aliphatic heterocycles. The maximum Gasteiger partial charge on any atom is 0.124 e. The lowest BCUT2D eigenvalue weighted by Crippen LogP contribution is -2.30. The van der Waals surface area contributed by atoms with Gasteiger partial charge in [0.2, 0.25) is 0 Å². The van der Waals surface area contributed by atoms with Crippen LogP contribution in [0.2, 0.25) is 0 Å². The molecule has 1 N–H and O–H groups in total. The Morgan fingerprint density at radius 3 is 2.37 bits per heavy atom. The van der Waals surface area contributed by atoms with Crippen molar-refractivity contribution in [3.8, 4) is 5.75 Å². The minimum atomic E-state index is 0.339. The molecule has 0 aliphatic carbocycles. The Balaban J connectivity index is 2.85. The van der Waals surface area contributed by atoms with Gasteiger partial charge in [-0.3, -0.25) is 0 Å². The molecule has 1 unspecified atom stereocenters. The Hall–Kier alpha value is -1.06. The van der Waals surface area contributed by atoms with Gasteiger partial charge in [-0.25, -0.2) is 0 Å². The fourth-order valence-electron chi connectivity index (χ4n) is 2.31. The minimum Gasteiger partial charge on any atom is -0.496 e. The largest absolute Gasteiger partial charge is 0.496 e. The summed E-state index contributed by atoms with van der Waals surface area (Å²) in [6.07, 6.45) is 2.31. The quantitative estimate of drug-likeness (QED) is 0.777. The van der Waals surface area contributed by atoms with Crippen LogP contribution in [0.1, 0.15) is 50.8 Å². The van der Waals surface area contributed by atoms with Crippen LogP contribution < -0.4 is 10.1 Å². The molecule has 0 saturated heterocycles. The first-order valence-corrected chi connectivity index (χ1v) is 7.07. The smallest absolute Gasteiger partial charge is 0.124 e. The molecule has 3 nitrogen and oxygen atoms in total. The Kier molecular flexibility index (Phi) is 6.89. The minimum absolute atomic E-state index is 0.339. The van der Waals surface area contributed by atoms with Crippen molar-refractivity contribution in [1.29, 1.82) is 0 Å². The number of ether oxygens (including phenoxy) is 2. The highest BCUT2D eigenvalue weighted by molar-refractivity contribution is 5.38. The number of benzene rings is 1. The van der Waals surface area contributed by atoms with Crippen LogP contribution >= 0.6 is 0 Å². The summed E-state index contributed by atoms with van der Waals surface area (Å²) in [5, 5.41) is 3.66. The molecule has 0 bridgehead atoms. The van der Waals surface area contributed by atoms with E-state index in [-0.39, 0.29) is 0 Å². The van der Waals surface area contributed by atoms with Crippen molar-refractivity contribution in [3.05, 3.63) is 29.3 Å². The molecule has 0 saturated carbocycles. The zero-order chi connectivity index (χ0) is 14.3. The third kappa shape index (κ3) is 4.51. The van der Waals surface area contributed by atoms with E-state index in [0.717, 1.165) is 24.2 Å². The van der Waals surface area contributed by atoms with Crippen molar-refractivity contribution in [1.82, 2.24) is 5.32 Å². The van der Waals surface area contributed by atoms with Crippen LogP contribution in [0.4, 0.5) is 0 Å². The van der Waals surface area contributed by atoms with Crippen molar-refractivity contribution in [2.24, 2.45) is 0 Å². The van der Waals surface area contributed by atoms with E-state index in [2.05, 4.69) is 38.2 Å². The molecule has 108 valence electrons. The third-order valence-electron chi connectivity index (χ3n) is 3.58. The lowest BCUT2D eigenvalue weighted by Gasteiger charge is -2.22. The molecular formula is C16H27NO2. The second-order valence-corrected chi connectivity index (χ2v) is 4.91. The molecule has 0 aliphatic rings. The number of rotatable bonds is 8. The highest BCUT2D eigenvalue weighted by Gasteiger charge is 2.12. The fraction of sp³-hybridized carbons (Fsp3) is 0.625. The van der Waals surface area contributed by atoms with Crippen molar-refractivity contribution >= 4 is 0 Å². The van der Waals surface area contributed by atoms with Gasteiger partial charge >= 0.3 is 0 Å². The molecule has 1 aromatic carbocycles. The van der Waals surface area contributed by atoms with Crippen LogP contribution in [0.25, 0.3) is 0 Å². The predicted octanol–water partition coefficient (Wildman–Crippen LogP) is 3.68. The first-order valence-electron chi connectivity index (χ1n) is 7.07. The Bertz CT molecular complexity index is 375. The summed E-state index contributed by atoms with van der Waals surface area (Å²) < 4.78 is 10.6. The monoisotopic (exact) mass is 265 g/mol. The summed E-state index contributed by atoms with van der Waals surface area (Å²) in [4.78, 5) is 0. The van der Waals surface area contributed by atoms with E-state index in [1.807, 2.05) is 6.07 Å². The second kappa shape index (κ2) is 8.18. The number of hydrogen-bond acceptors (Lipinski definition) is 3. The van der Waals surface area contributed by atoms with Gasteiger partial charge in [0.25, 0.3) is 0 Å². The van der Waals surface area contributed by atoms with Crippen molar-refractivity contribution < 1.29 is 9.47 Å². The van der Waals surface area contributed by atoms with Gasteiger partial charge in [0.15, 0.2) is 0 Å². The summed E-state index contributed by atoms with van der Waals surface area (Å²) in [5.74, 6) is 0.889. The van der Waals surface area contributed by atoms with Crippen LogP contribution in [0.5, 0.6) is 5.75 Å². The van der Waals surface area contributed by atoms with Crippen molar-refractivity contribution in [3.63, 3.8) is 0 Å². The van der Waals surface area contributed by atoms with Gasteiger partial charge in [-0.2, -0.15) is 0 Å². The second-order valence-electron chi connectivity index (χ2n) is 4.91. The van der Waals surface area contributed by atoms with Gasteiger partial charge in [0.05, 0.1) is 13.7 Å². The molecule has 0 spiro atoms. The van der Waals surface area contributed by atoms with Crippen molar-refractivity contribution in [2.45, 2.75) is 52.3 Å². The average molecular weight is 265 g/mol. The van der Waals surface area contributed by atoms with E-state index in [4.69, 9.17) is 9.47 Å². The molecule has 19 heavy (non-hydrogen) atoms. The summed E-state index contributed by atoms with van der Waals surface area (Å²) in [6.45, 7) is 7.22. The summed E-state index contributed by atoms with van der Waals surface area (Å²) in [5.41, 5.74) is 2.38. The molecule has 1 rings (SSSR count). The summed E-state index contributed by atoms with van der Waals surface area (Å²) >= 11 is 0. The Morgan fingerprint density at radius 2 is 1.84 bits per heavy atom. The van der Waals surface area contributed by atoms with Crippen LogP contribution in [-0.4, -0.2) is 20.3 Å². The van der Waals surface area contributed by atoms with Gasteiger partial charge in [-0.15, -0.1) is 0 Å². The van der Waals surface area contributed by atoms with E-state index in [0.29, 0.717) is 18.7 Å². The molecule has 0 amide bonds. The van der Waals surface area contributed by atoms with E-state index in [9.17, 15) is 0 Å². The lowest BCUT2D eigenvalue weighted by molar-refractivity contribution is 0.181. The first kappa shape index (κ1) is 16.0. The van der Waals surface area contributed by atoms with Crippen molar-refractivity contribution in [2.75, 3.05) is 14.2 Å². The van der Waals surface area contributed by atoms with Crippen LogP contribution in [-0.2, 0) is 11.3 Å². The molecule has 3 heteroatoms. The highest BCUT2D eigenvalue weighted by atomic mass is 16.5. The first-order chi connectivity index (χ1) is 9.15. The van der Waals surface area contributed by atoms with E-state index < -0.39 is 0 Å². The normalized spacial score (nSPS) is 12.7. The Labute approximate surface area is 117 Å². The number of methoxy groups -OCH3 is 2. The maximum absolute atomic E-state index is 5.36. The highest BCUT2D eigenvalue weighted by Crippen LogP contribution is 2.24. The van der Waals surface area contributed by atoms with Gasteiger partial charge in [-0.05, 0) is 37.5 Å².